The van der Waals surface area contributed by atoms with Crippen molar-refractivity contribution in [3.8, 4) is 12.3 Å². The number of aryl methyl sites for hydroxylation is 1. The van der Waals surface area contributed by atoms with Gasteiger partial charge in [0.25, 0.3) is 5.56 Å². The molecule has 0 radical (unpaired) electrons. The second-order valence-corrected chi connectivity index (χ2v) is 13.6. The number of hydrogen-bond acceptors (Lipinski definition) is 5. The van der Waals surface area contributed by atoms with Crippen LogP contribution in [0.2, 0.25) is 18.1 Å². The molecule has 1 aromatic rings. The summed E-state index contributed by atoms with van der Waals surface area (Å²) in [7, 11) is -2.23. The normalized spacial score (nSPS) is 28.9. The lowest BCUT2D eigenvalue weighted by atomic mass is 9.92. The van der Waals surface area contributed by atoms with Gasteiger partial charge in [0.05, 0.1) is 12.7 Å². The lowest BCUT2D eigenvalue weighted by molar-refractivity contribution is -0.0897. The van der Waals surface area contributed by atoms with Crippen molar-refractivity contribution < 1.29 is 14.3 Å². The van der Waals surface area contributed by atoms with Crippen molar-refractivity contribution in [1.82, 2.24) is 9.55 Å². The van der Waals surface area contributed by atoms with Crippen molar-refractivity contribution in [3.05, 3.63) is 32.6 Å². The van der Waals surface area contributed by atoms with Gasteiger partial charge in [0.2, 0.25) is 0 Å². The van der Waals surface area contributed by atoms with Crippen LogP contribution in [0.5, 0.6) is 0 Å². The molecule has 1 aliphatic rings. The van der Waals surface area contributed by atoms with E-state index in [2.05, 4.69) is 44.8 Å². The molecule has 1 aromatic heterocycles. The van der Waals surface area contributed by atoms with Crippen LogP contribution in [0.4, 0.5) is 0 Å². The lowest BCUT2D eigenvalue weighted by Gasteiger charge is -2.42. The summed E-state index contributed by atoms with van der Waals surface area (Å²) in [6.07, 6.45) is 5.86. The highest BCUT2D eigenvalue weighted by Gasteiger charge is 2.56. The summed E-state index contributed by atoms with van der Waals surface area (Å²) in [6.45, 7) is 13.6. The second kappa shape index (κ2) is 7.06. The van der Waals surface area contributed by atoms with Crippen molar-refractivity contribution >= 4 is 8.32 Å². The highest BCUT2D eigenvalue weighted by atomic mass is 28.4. The Morgan fingerprint density at radius 2 is 2.04 bits per heavy atom. The van der Waals surface area contributed by atoms with E-state index >= 15 is 0 Å². The molecule has 7 nitrogen and oxygen atoms in total. The van der Waals surface area contributed by atoms with Gasteiger partial charge in [-0.15, -0.1) is 6.42 Å². The Balaban J connectivity index is 2.53. The topological polar surface area (TPSA) is 93.5 Å². The van der Waals surface area contributed by atoms with Crippen molar-refractivity contribution in [2.75, 3.05) is 6.61 Å². The number of aromatic amines is 1. The largest absolute Gasteiger partial charge is 0.409 e. The summed E-state index contributed by atoms with van der Waals surface area (Å²) < 4.78 is 13.9. The fourth-order valence-electron chi connectivity index (χ4n) is 3.04. The molecule has 4 atom stereocenters. The van der Waals surface area contributed by atoms with E-state index in [4.69, 9.17) is 15.6 Å². The van der Waals surface area contributed by atoms with Gasteiger partial charge in [0.1, 0.15) is 6.23 Å². The van der Waals surface area contributed by atoms with Crippen LogP contribution in [0.25, 0.3) is 0 Å². The molecule has 0 aromatic carbocycles. The number of rotatable bonds is 4. The lowest BCUT2D eigenvalue weighted by Crippen LogP contribution is -2.53. The van der Waals surface area contributed by atoms with Crippen molar-refractivity contribution in [2.24, 2.45) is 5.92 Å². The Hall–Kier alpha value is -1.66. The highest BCUT2D eigenvalue weighted by Crippen LogP contribution is 2.46. The number of nitrogens with one attached hydrogen (secondary N) is 1. The summed E-state index contributed by atoms with van der Waals surface area (Å²) >= 11 is 0. The van der Waals surface area contributed by atoms with Crippen LogP contribution in [0, 0.1) is 25.2 Å². The minimum atomic E-state index is -2.23. The zero-order chi connectivity index (χ0) is 20.8. The molecule has 2 N–H and O–H groups in total. The van der Waals surface area contributed by atoms with Crippen LogP contribution in [0.15, 0.2) is 15.8 Å². The molecule has 27 heavy (non-hydrogen) atoms. The SMILES string of the molecule is C#CC1(CO)OC(n2cc(C)c(=O)[nH]c2=O)C(C)C1O[Si](C)(C)C(C)(C)C. The number of ether oxygens (including phenoxy) is 1. The maximum Gasteiger partial charge on any atom is 0.330 e. The zero-order valence-electron chi connectivity index (χ0n) is 17.1. The number of aliphatic hydroxyl groups is 1. The minimum absolute atomic E-state index is 0.0635. The van der Waals surface area contributed by atoms with E-state index < -0.39 is 44.1 Å². The van der Waals surface area contributed by atoms with Gasteiger partial charge in [-0.3, -0.25) is 14.3 Å². The molecule has 150 valence electrons. The van der Waals surface area contributed by atoms with Gasteiger partial charge >= 0.3 is 5.69 Å². The van der Waals surface area contributed by atoms with Crippen molar-refractivity contribution in [3.63, 3.8) is 0 Å². The van der Waals surface area contributed by atoms with E-state index in [1.54, 1.807) is 6.92 Å². The molecular formula is C19H30N2O5Si. The smallest absolute Gasteiger partial charge is 0.330 e. The molecular weight excluding hydrogens is 364 g/mol. The number of aromatic nitrogens is 2. The van der Waals surface area contributed by atoms with Crippen LogP contribution >= 0.6 is 0 Å². The number of hydrogen-bond donors (Lipinski definition) is 2. The molecule has 0 saturated carbocycles. The fourth-order valence-corrected chi connectivity index (χ4v) is 4.43. The molecule has 1 saturated heterocycles. The Labute approximate surface area is 160 Å². The van der Waals surface area contributed by atoms with Gasteiger partial charge in [-0.1, -0.05) is 33.6 Å². The van der Waals surface area contributed by atoms with Crippen molar-refractivity contribution in [2.45, 2.75) is 70.7 Å². The Morgan fingerprint density at radius 3 is 2.52 bits per heavy atom. The molecule has 0 spiro atoms. The molecule has 2 rings (SSSR count). The van der Waals surface area contributed by atoms with Gasteiger partial charge in [-0.05, 0) is 25.1 Å². The third-order valence-corrected chi connectivity index (χ3v) is 10.3. The second-order valence-electron chi connectivity index (χ2n) is 8.84. The van der Waals surface area contributed by atoms with Crippen LogP contribution in [-0.4, -0.2) is 41.3 Å². The van der Waals surface area contributed by atoms with E-state index in [1.165, 1.54) is 10.8 Å². The Bertz CT molecular complexity index is 861. The van der Waals surface area contributed by atoms with Crippen molar-refractivity contribution in [1.29, 1.82) is 0 Å². The van der Waals surface area contributed by atoms with Gasteiger partial charge in [0.15, 0.2) is 13.9 Å². The zero-order valence-corrected chi connectivity index (χ0v) is 18.1. The number of terminal acetylenes is 1. The van der Waals surface area contributed by atoms with E-state index in [0.717, 1.165) is 0 Å². The predicted octanol–water partition coefficient (Wildman–Crippen LogP) is 1.76. The first kappa shape index (κ1) is 21.6. The average Bonchev–Trinajstić information content (AvgIpc) is 2.83. The van der Waals surface area contributed by atoms with E-state index in [0.29, 0.717) is 5.56 Å². The summed E-state index contributed by atoms with van der Waals surface area (Å²) in [5.74, 6) is 2.25. The fraction of sp³-hybridized carbons (Fsp3) is 0.684. The summed E-state index contributed by atoms with van der Waals surface area (Å²) in [4.78, 5) is 26.3. The quantitative estimate of drug-likeness (QED) is 0.600. The monoisotopic (exact) mass is 394 g/mol. The summed E-state index contributed by atoms with van der Waals surface area (Å²) in [6, 6.07) is 0. The van der Waals surface area contributed by atoms with Gasteiger partial charge in [-0.25, -0.2) is 4.79 Å². The molecule has 0 aliphatic carbocycles. The maximum absolute atomic E-state index is 12.3. The summed E-state index contributed by atoms with van der Waals surface area (Å²) in [5, 5.41) is 10.00. The molecule has 2 heterocycles. The first-order valence-electron chi connectivity index (χ1n) is 9.06. The number of nitrogens with zero attached hydrogens (tertiary/aromatic N) is 1. The first-order chi connectivity index (χ1) is 12.3. The Kier molecular flexibility index (Phi) is 5.65. The van der Waals surface area contributed by atoms with Gasteiger partial charge in [-0.2, -0.15) is 0 Å². The molecule has 8 heteroatoms. The third kappa shape index (κ3) is 3.69. The predicted molar refractivity (Wildman–Crippen MR) is 106 cm³/mol. The third-order valence-electron chi connectivity index (χ3n) is 5.84. The average molecular weight is 395 g/mol. The molecule has 0 amide bonds. The Morgan fingerprint density at radius 1 is 1.44 bits per heavy atom. The molecule has 1 aliphatic heterocycles. The van der Waals surface area contributed by atoms with Gasteiger partial charge < -0.3 is 14.3 Å². The number of aliphatic hydroxyl groups excluding tert-OH is 1. The van der Waals surface area contributed by atoms with Crippen LogP contribution < -0.4 is 11.2 Å². The minimum Gasteiger partial charge on any atom is -0.409 e. The van der Waals surface area contributed by atoms with E-state index in [9.17, 15) is 14.7 Å². The van der Waals surface area contributed by atoms with Crippen LogP contribution in [-0.2, 0) is 9.16 Å². The number of H-pyrrole nitrogens is 1. The summed E-state index contributed by atoms with van der Waals surface area (Å²) in [5.41, 5.74) is -2.00. The van der Waals surface area contributed by atoms with Gasteiger partial charge in [0, 0.05) is 17.7 Å². The maximum atomic E-state index is 12.3. The highest BCUT2D eigenvalue weighted by molar-refractivity contribution is 6.74. The van der Waals surface area contributed by atoms with E-state index in [-0.39, 0.29) is 11.0 Å². The molecule has 1 fully saturated rings. The first-order valence-corrected chi connectivity index (χ1v) is 12.0. The molecule has 0 bridgehead atoms. The van der Waals surface area contributed by atoms with Crippen LogP contribution in [0.1, 0.15) is 39.5 Å². The standard InChI is InChI=1S/C19H30N2O5Si/c1-9-19(11-22)14(26-27(7,8)18(4,5)6)13(3)16(25-19)21-10-12(2)15(23)20-17(21)24/h1,10,13-14,16,22H,11H2,2-8H3,(H,20,23,24). The van der Waals surface area contributed by atoms with E-state index in [1.807, 2.05) is 6.92 Å². The van der Waals surface area contributed by atoms with Crippen LogP contribution in [0.3, 0.4) is 0 Å². The molecule has 4 unspecified atom stereocenters.